The topological polar surface area (TPSA) is 53.7 Å². The molecule has 20 heavy (non-hydrogen) atoms. The fourth-order valence-corrected chi connectivity index (χ4v) is 2.09. The van der Waals surface area contributed by atoms with Crippen LogP contribution in [0.3, 0.4) is 0 Å². The largest absolute Gasteiger partial charge is 0.492 e. The molecular weight excluding hydrogens is 254 g/mol. The Labute approximate surface area is 118 Å². The molecule has 2 N–H and O–H groups in total. The van der Waals surface area contributed by atoms with E-state index >= 15 is 0 Å². The van der Waals surface area contributed by atoms with Crippen molar-refractivity contribution >= 4 is 0 Å². The van der Waals surface area contributed by atoms with E-state index in [4.69, 9.17) is 19.9 Å². The first-order valence-corrected chi connectivity index (χ1v) is 6.66. The maximum absolute atomic E-state index is 6.15. The number of fused-ring (bicyclic) bond motifs is 1. The summed E-state index contributed by atoms with van der Waals surface area (Å²) >= 11 is 0. The second kappa shape index (κ2) is 5.84. The van der Waals surface area contributed by atoms with Gasteiger partial charge in [0.25, 0.3) is 0 Å². The van der Waals surface area contributed by atoms with Gasteiger partial charge in [-0.15, -0.1) is 0 Å². The van der Waals surface area contributed by atoms with Crippen LogP contribution in [-0.2, 0) is 0 Å². The van der Waals surface area contributed by atoms with Crippen LogP contribution < -0.4 is 19.9 Å². The van der Waals surface area contributed by atoms with Crippen LogP contribution in [0.5, 0.6) is 17.2 Å². The average molecular weight is 271 g/mol. The Bertz CT molecular complexity index is 571. The predicted octanol–water partition coefficient (Wildman–Crippen LogP) is 2.54. The highest BCUT2D eigenvalue weighted by molar-refractivity contribution is 5.44. The summed E-state index contributed by atoms with van der Waals surface area (Å²) in [5.41, 5.74) is 7.13. The number of rotatable bonds is 4. The highest BCUT2D eigenvalue weighted by Gasteiger charge is 2.15. The minimum Gasteiger partial charge on any atom is -0.492 e. The first-order valence-electron chi connectivity index (χ1n) is 6.66. The summed E-state index contributed by atoms with van der Waals surface area (Å²) in [6, 6.07) is 15.2. The average Bonchev–Trinajstić information content (AvgIpc) is 2.53. The van der Waals surface area contributed by atoms with Crippen LogP contribution >= 0.6 is 0 Å². The van der Waals surface area contributed by atoms with Gasteiger partial charge in [0, 0.05) is 0 Å². The van der Waals surface area contributed by atoms with E-state index in [1.807, 2.05) is 48.5 Å². The van der Waals surface area contributed by atoms with Gasteiger partial charge >= 0.3 is 0 Å². The number of benzene rings is 2. The van der Waals surface area contributed by atoms with E-state index in [1.165, 1.54) is 0 Å². The normalized spacial score (nSPS) is 14.7. The fourth-order valence-electron chi connectivity index (χ4n) is 2.09. The van der Waals surface area contributed by atoms with Crippen LogP contribution in [0.15, 0.2) is 48.5 Å². The molecule has 0 radical (unpaired) electrons. The summed E-state index contributed by atoms with van der Waals surface area (Å²) in [5.74, 6) is 2.35. The van der Waals surface area contributed by atoms with Crippen molar-refractivity contribution in [1.29, 1.82) is 0 Å². The summed E-state index contributed by atoms with van der Waals surface area (Å²) < 4.78 is 16.7. The number of nitrogens with two attached hydrogens (primary N) is 1. The van der Waals surface area contributed by atoms with E-state index in [1.54, 1.807) is 0 Å². The number of ether oxygens (including phenoxy) is 3. The lowest BCUT2D eigenvalue weighted by molar-refractivity contribution is 0.171. The quantitative estimate of drug-likeness (QED) is 0.928. The van der Waals surface area contributed by atoms with Gasteiger partial charge in [0.1, 0.15) is 25.6 Å². The molecule has 0 amide bonds. The van der Waals surface area contributed by atoms with Gasteiger partial charge in [-0.05, 0) is 29.8 Å². The molecule has 1 heterocycles. The zero-order valence-corrected chi connectivity index (χ0v) is 11.1. The van der Waals surface area contributed by atoms with Crippen LogP contribution in [0.2, 0.25) is 0 Å². The van der Waals surface area contributed by atoms with E-state index in [-0.39, 0.29) is 6.04 Å². The molecule has 2 aromatic carbocycles. The Morgan fingerprint density at radius 2 is 1.75 bits per heavy atom. The number of para-hydroxylation sites is 1. The van der Waals surface area contributed by atoms with Crippen molar-refractivity contribution in [3.8, 4) is 17.2 Å². The van der Waals surface area contributed by atoms with Crippen molar-refractivity contribution in [3.05, 3.63) is 54.1 Å². The van der Waals surface area contributed by atoms with Crippen LogP contribution in [0.4, 0.5) is 0 Å². The van der Waals surface area contributed by atoms with E-state index < -0.39 is 0 Å². The van der Waals surface area contributed by atoms with E-state index in [0.29, 0.717) is 19.8 Å². The number of hydrogen-bond acceptors (Lipinski definition) is 4. The molecule has 3 rings (SSSR count). The van der Waals surface area contributed by atoms with Crippen LogP contribution in [-0.4, -0.2) is 19.8 Å². The fraction of sp³-hybridized carbons (Fsp3) is 0.250. The zero-order chi connectivity index (χ0) is 13.8. The molecule has 0 aliphatic carbocycles. The van der Waals surface area contributed by atoms with Crippen LogP contribution in [0.25, 0.3) is 0 Å². The first kappa shape index (κ1) is 12.8. The molecule has 0 saturated carbocycles. The summed E-state index contributed by atoms with van der Waals surface area (Å²) in [7, 11) is 0. The van der Waals surface area contributed by atoms with Crippen molar-refractivity contribution in [2.24, 2.45) is 5.73 Å². The highest BCUT2D eigenvalue weighted by Crippen LogP contribution is 2.32. The van der Waals surface area contributed by atoms with Gasteiger partial charge in [0.05, 0.1) is 6.04 Å². The molecule has 1 atom stereocenters. The van der Waals surface area contributed by atoms with Crippen molar-refractivity contribution in [1.82, 2.24) is 0 Å². The molecule has 1 aliphatic rings. The molecule has 104 valence electrons. The smallest absolute Gasteiger partial charge is 0.161 e. The molecule has 0 saturated heterocycles. The monoisotopic (exact) mass is 271 g/mol. The molecular formula is C16H17NO3. The molecule has 4 heteroatoms. The molecule has 0 spiro atoms. The lowest BCUT2D eigenvalue weighted by Gasteiger charge is -2.20. The van der Waals surface area contributed by atoms with Gasteiger partial charge < -0.3 is 19.9 Å². The highest BCUT2D eigenvalue weighted by atomic mass is 16.6. The summed E-state index contributed by atoms with van der Waals surface area (Å²) in [6.07, 6.45) is 0. The Morgan fingerprint density at radius 1 is 1.00 bits per heavy atom. The maximum Gasteiger partial charge on any atom is 0.161 e. The van der Waals surface area contributed by atoms with E-state index in [9.17, 15) is 0 Å². The molecule has 4 nitrogen and oxygen atoms in total. The third-order valence-corrected chi connectivity index (χ3v) is 3.17. The Kier molecular flexibility index (Phi) is 3.74. The van der Waals surface area contributed by atoms with Crippen LogP contribution in [0.1, 0.15) is 11.6 Å². The first-order chi connectivity index (χ1) is 9.83. The van der Waals surface area contributed by atoms with Crippen molar-refractivity contribution in [2.45, 2.75) is 6.04 Å². The Balaban J connectivity index is 1.66. The van der Waals surface area contributed by atoms with Crippen LogP contribution in [0, 0.1) is 0 Å². The molecule has 0 aromatic heterocycles. The standard InChI is InChI=1S/C16H17NO3/c17-14(11-20-13-4-2-1-3-5-13)12-6-7-15-16(10-12)19-9-8-18-15/h1-7,10,14H,8-9,11,17H2. The zero-order valence-electron chi connectivity index (χ0n) is 11.1. The lowest BCUT2D eigenvalue weighted by Crippen LogP contribution is -2.20. The lowest BCUT2D eigenvalue weighted by atomic mass is 10.1. The summed E-state index contributed by atoms with van der Waals surface area (Å²) in [5, 5.41) is 0. The minimum atomic E-state index is -0.203. The molecule has 0 fully saturated rings. The maximum atomic E-state index is 6.15. The molecule has 1 unspecified atom stereocenters. The molecule has 0 bridgehead atoms. The summed E-state index contributed by atoms with van der Waals surface area (Å²) in [6.45, 7) is 1.59. The predicted molar refractivity (Wildman–Crippen MR) is 76.3 cm³/mol. The van der Waals surface area contributed by atoms with Gasteiger partial charge in [0.2, 0.25) is 0 Å². The third kappa shape index (κ3) is 2.86. The Hall–Kier alpha value is -2.20. The molecule has 2 aromatic rings. The Morgan fingerprint density at radius 3 is 2.55 bits per heavy atom. The minimum absolute atomic E-state index is 0.203. The van der Waals surface area contributed by atoms with Crippen molar-refractivity contribution < 1.29 is 14.2 Å². The number of hydrogen-bond donors (Lipinski definition) is 1. The summed E-state index contributed by atoms with van der Waals surface area (Å²) in [4.78, 5) is 0. The van der Waals surface area contributed by atoms with Gasteiger partial charge in [-0.25, -0.2) is 0 Å². The van der Waals surface area contributed by atoms with Gasteiger partial charge in [-0.1, -0.05) is 24.3 Å². The second-order valence-corrected chi connectivity index (χ2v) is 4.63. The van der Waals surface area contributed by atoms with Gasteiger partial charge in [-0.2, -0.15) is 0 Å². The van der Waals surface area contributed by atoms with Crippen molar-refractivity contribution in [3.63, 3.8) is 0 Å². The van der Waals surface area contributed by atoms with E-state index in [2.05, 4.69) is 0 Å². The van der Waals surface area contributed by atoms with E-state index in [0.717, 1.165) is 22.8 Å². The van der Waals surface area contributed by atoms with Gasteiger partial charge in [0.15, 0.2) is 11.5 Å². The molecule has 1 aliphatic heterocycles. The SMILES string of the molecule is NC(COc1ccccc1)c1ccc2c(c1)OCCO2. The third-order valence-electron chi connectivity index (χ3n) is 3.17. The second-order valence-electron chi connectivity index (χ2n) is 4.63. The van der Waals surface area contributed by atoms with Gasteiger partial charge in [-0.3, -0.25) is 0 Å². The van der Waals surface area contributed by atoms with Crippen molar-refractivity contribution in [2.75, 3.05) is 19.8 Å².